The van der Waals surface area contributed by atoms with Crippen molar-refractivity contribution in [3.63, 3.8) is 0 Å². The molecule has 0 aromatic carbocycles. The molecule has 0 heterocycles. The van der Waals surface area contributed by atoms with Gasteiger partial charge in [0.05, 0.1) is 6.10 Å². The van der Waals surface area contributed by atoms with Crippen LogP contribution in [0.5, 0.6) is 0 Å². The van der Waals surface area contributed by atoms with Gasteiger partial charge in [-0.1, -0.05) is 0 Å². The van der Waals surface area contributed by atoms with E-state index in [1.807, 2.05) is 0 Å². The third kappa shape index (κ3) is 2.29. The normalized spacial score (nSPS) is 36.0. The Labute approximate surface area is 87.3 Å². The van der Waals surface area contributed by atoms with Crippen molar-refractivity contribution in [2.75, 3.05) is 7.05 Å². The van der Waals surface area contributed by atoms with Crippen LogP contribution in [0.3, 0.4) is 0 Å². The van der Waals surface area contributed by atoms with Crippen LogP contribution in [0.25, 0.3) is 0 Å². The summed E-state index contributed by atoms with van der Waals surface area (Å²) in [5, 5.41) is 9.45. The highest BCUT2D eigenvalue weighted by Gasteiger charge is 2.34. The average molecular weight is 197 g/mol. The number of aliphatic hydroxyl groups is 1. The van der Waals surface area contributed by atoms with Crippen LogP contribution in [-0.2, 0) is 0 Å². The van der Waals surface area contributed by atoms with Crippen LogP contribution in [-0.4, -0.2) is 35.2 Å². The largest absolute Gasteiger partial charge is 0.393 e. The zero-order chi connectivity index (χ0) is 10.1. The first kappa shape index (κ1) is 10.4. The predicted octanol–water partition coefficient (Wildman–Crippen LogP) is 2.02. The SMILES string of the molecule is CC(C1CC1)N(C)C1CCC(O)CC1. The molecule has 82 valence electrons. The summed E-state index contributed by atoms with van der Waals surface area (Å²) in [5.74, 6) is 0.965. The maximum absolute atomic E-state index is 9.45. The van der Waals surface area contributed by atoms with Crippen molar-refractivity contribution in [1.82, 2.24) is 4.90 Å². The Morgan fingerprint density at radius 2 is 1.64 bits per heavy atom. The molecule has 0 bridgehead atoms. The molecule has 2 aliphatic carbocycles. The van der Waals surface area contributed by atoms with Crippen molar-refractivity contribution in [2.24, 2.45) is 5.92 Å². The Bertz CT molecular complexity index is 183. The van der Waals surface area contributed by atoms with Crippen LogP contribution < -0.4 is 0 Å². The highest BCUT2D eigenvalue weighted by atomic mass is 16.3. The van der Waals surface area contributed by atoms with E-state index in [2.05, 4.69) is 18.9 Å². The van der Waals surface area contributed by atoms with Gasteiger partial charge in [-0.2, -0.15) is 0 Å². The minimum absolute atomic E-state index is 0.0177. The molecule has 2 aliphatic rings. The second kappa shape index (κ2) is 4.19. The van der Waals surface area contributed by atoms with E-state index in [0.29, 0.717) is 0 Å². The summed E-state index contributed by atoms with van der Waals surface area (Å²) in [6, 6.07) is 1.49. The van der Waals surface area contributed by atoms with Crippen molar-refractivity contribution in [1.29, 1.82) is 0 Å². The number of hydrogen-bond acceptors (Lipinski definition) is 2. The van der Waals surface area contributed by atoms with Crippen LogP contribution in [0.15, 0.2) is 0 Å². The summed E-state index contributed by atoms with van der Waals surface area (Å²) in [5.41, 5.74) is 0. The quantitative estimate of drug-likeness (QED) is 0.748. The molecule has 0 aliphatic heterocycles. The van der Waals surface area contributed by atoms with Crippen molar-refractivity contribution in [3.8, 4) is 0 Å². The van der Waals surface area contributed by atoms with Crippen molar-refractivity contribution in [3.05, 3.63) is 0 Å². The van der Waals surface area contributed by atoms with E-state index in [1.54, 1.807) is 0 Å². The van der Waals surface area contributed by atoms with Gasteiger partial charge in [0, 0.05) is 12.1 Å². The molecule has 1 atom stereocenters. The molecular weight excluding hydrogens is 174 g/mol. The van der Waals surface area contributed by atoms with Crippen LogP contribution in [0, 0.1) is 5.92 Å². The van der Waals surface area contributed by atoms with Gasteiger partial charge in [0.25, 0.3) is 0 Å². The molecule has 0 aromatic heterocycles. The van der Waals surface area contributed by atoms with Gasteiger partial charge in [-0.05, 0) is 58.4 Å². The lowest BCUT2D eigenvalue weighted by Gasteiger charge is -2.37. The summed E-state index contributed by atoms with van der Waals surface area (Å²) in [4.78, 5) is 2.56. The Balaban J connectivity index is 1.81. The Morgan fingerprint density at radius 3 is 2.14 bits per heavy atom. The molecule has 2 fully saturated rings. The van der Waals surface area contributed by atoms with E-state index in [0.717, 1.165) is 30.8 Å². The molecule has 0 spiro atoms. The van der Waals surface area contributed by atoms with E-state index in [1.165, 1.54) is 25.7 Å². The highest BCUT2D eigenvalue weighted by molar-refractivity contribution is 4.88. The Kier molecular flexibility index (Phi) is 3.13. The van der Waals surface area contributed by atoms with E-state index in [-0.39, 0.29) is 6.10 Å². The monoisotopic (exact) mass is 197 g/mol. The maximum atomic E-state index is 9.45. The van der Waals surface area contributed by atoms with Crippen molar-refractivity contribution < 1.29 is 5.11 Å². The van der Waals surface area contributed by atoms with Gasteiger partial charge in [0.1, 0.15) is 0 Å². The third-order valence-corrected chi connectivity index (χ3v) is 4.19. The average Bonchev–Trinajstić information content (AvgIpc) is 3.00. The Morgan fingerprint density at radius 1 is 1.07 bits per heavy atom. The molecule has 14 heavy (non-hydrogen) atoms. The molecule has 2 saturated carbocycles. The molecule has 0 radical (unpaired) electrons. The smallest absolute Gasteiger partial charge is 0.0541 e. The minimum atomic E-state index is -0.0177. The summed E-state index contributed by atoms with van der Waals surface area (Å²) < 4.78 is 0. The van der Waals surface area contributed by atoms with E-state index >= 15 is 0 Å². The first-order chi connectivity index (χ1) is 6.68. The Hall–Kier alpha value is -0.0800. The molecule has 0 aromatic rings. The van der Waals surface area contributed by atoms with E-state index in [4.69, 9.17) is 0 Å². The molecule has 1 N–H and O–H groups in total. The summed E-state index contributed by atoms with van der Waals surface area (Å²) in [7, 11) is 2.27. The van der Waals surface area contributed by atoms with Gasteiger partial charge in [-0.25, -0.2) is 0 Å². The zero-order valence-corrected chi connectivity index (χ0v) is 9.45. The standard InChI is InChI=1S/C12H23NO/c1-9(10-3-4-10)13(2)11-5-7-12(14)8-6-11/h9-12,14H,3-8H2,1-2H3. The van der Waals surface area contributed by atoms with Crippen LogP contribution in [0.4, 0.5) is 0 Å². The molecule has 2 heteroatoms. The molecule has 2 rings (SSSR count). The predicted molar refractivity (Wildman–Crippen MR) is 58.2 cm³/mol. The summed E-state index contributed by atoms with van der Waals surface area (Å²) in [6.45, 7) is 2.36. The fraction of sp³-hybridized carbons (Fsp3) is 1.00. The lowest BCUT2D eigenvalue weighted by atomic mass is 9.91. The lowest BCUT2D eigenvalue weighted by molar-refractivity contribution is 0.0657. The topological polar surface area (TPSA) is 23.5 Å². The van der Waals surface area contributed by atoms with Gasteiger partial charge in [-0.3, -0.25) is 0 Å². The highest BCUT2D eigenvalue weighted by Crippen LogP contribution is 2.36. The lowest BCUT2D eigenvalue weighted by Crippen LogP contribution is -2.42. The molecule has 0 saturated heterocycles. The van der Waals surface area contributed by atoms with Crippen molar-refractivity contribution >= 4 is 0 Å². The molecular formula is C12H23NO. The fourth-order valence-corrected chi connectivity index (χ4v) is 2.71. The minimum Gasteiger partial charge on any atom is -0.393 e. The molecule has 2 nitrogen and oxygen atoms in total. The molecule has 0 amide bonds. The number of rotatable bonds is 3. The van der Waals surface area contributed by atoms with E-state index < -0.39 is 0 Å². The van der Waals surface area contributed by atoms with Gasteiger partial charge < -0.3 is 10.0 Å². The fourth-order valence-electron chi connectivity index (χ4n) is 2.71. The number of nitrogens with zero attached hydrogens (tertiary/aromatic N) is 1. The second-order valence-electron chi connectivity index (χ2n) is 5.21. The maximum Gasteiger partial charge on any atom is 0.0541 e. The zero-order valence-electron chi connectivity index (χ0n) is 9.45. The van der Waals surface area contributed by atoms with Crippen LogP contribution in [0.1, 0.15) is 45.4 Å². The number of aliphatic hydroxyl groups excluding tert-OH is 1. The van der Waals surface area contributed by atoms with Gasteiger partial charge in [0.2, 0.25) is 0 Å². The van der Waals surface area contributed by atoms with E-state index in [9.17, 15) is 5.11 Å². The van der Waals surface area contributed by atoms with Gasteiger partial charge >= 0.3 is 0 Å². The van der Waals surface area contributed by atoms with Crippen LogP contribution >= 0.6 is 0 Å². The first-order valence-electron chi connectivity index (χ1n) is 6.08. The summed E-state index contributed by atoms with van der Waals surface area (Å²) >= 11 is 0. The second-order valence-corrected chi connectivity index (χ2v) is 5.21. The van der Waals surface area contributed by atoms with Gasteiger partial charge in [-0.15, -0.1) is 0 Å². The van der Waals surface area contributed by atoms with Crippen LogP contribution in [0.2, 0.25) is 0 Å². The van der Waals surface area contributed by atoms with Crippen molar-refractivity contribution in [2.45, 2.75) is 63.6 Å². The first-order valence-corrected chi connectivity index (χ1v) is 6.08. The third-order valence-electron chi connectivity index (χ3n) is 4.19. The van der Waals surface area contributed by atoms with Gasteiger partial charge in [0.15, 0.2) is 0 Å². The summed E-state index contributed by atoms with van der Waals surface area (Å²) in [6.07, 6.45) is 7.24. The molecule has 1 unspecified atom stereocenters. The number of hydrogen-bond donors (Lipinski definition) is 1.